The number of nitrogens with one attached hydrogen (secondary N) is 1. The van der Waals surface area contributed by atoms with Crippen molar-refractivity contribution in [2.45, 2.75) is 17.7 Å². The van der Waals surface area contributed by atoms with Crippen LogP contribution in [-0.2, 0) is 21.3 Å². The highest BCUT2D eigenvalue weighted by atomic mass is 32.2. The van der Waals surface area contributed by atoms with Crippen molar-refractivity contribution in [2.24, 2.45) is 0 Å². The Kier molecular flexibility index (Phi) is 4.48. The van der Waals surface area contributed by atoms with E-state index in [4.69, 9.17) is 0 Å². The average Bonchev–Trinajstić information content (AvgIpc) is 3.04. The largest absolute Gasteiger partial charge is 0.464 e. The minimum Gasteiger partial charge on any atom is -0.464 e. The molecule has 0 fully saturated rings. The number of sulfonamides is 1. The number of hydrogen-bond acceptors (Lipinski definition) is 8. The number of esters is 1. The molecule has 1 N–H and O–H groups in total. The number of carbonyl (C=O) groups excluding carboxylic acids is 1. The van der Waals surface area contributed by atoms with Crippen LogP contribution in [-0.4, -0.2) is 31.5 Å². The minimum atomic E-state index is -3.82. The smallest absolute Gasteiger partial charge is 0.358 e. The second-order valence-electron chi connectivity index (χ2n) is 3.67. The van der Waals surface area contributed by atoms with Crippen LogP contribution in [0.2, 0.25) is 0 Å². The molecule has 2 heterocycles. The molecule has 0 bridgehead atoms. The lowest BCUT2D eigenvalue weighted by molar-refractivity contribution is 0.0590. The third kappa shape index (κ3) is 3.20. The predicted molar refractivity (Wildman–Crippen MR) is 74.3 cm³/mol. The molecule has 0 atom stereocenters. The Hall–Kier alpha value is -1.36. The maximum atomic E-state index is 12.1. The van der Waals surface area contributed by atoms with E-state index in [9.17, 15) is 13.2 Å². The summed E-state index contributed by atoms with van der Waals surface area (Å²) < 4.78 is 31.0. The van der Waals surface area contributed by atoms with Crippen molar-refractivity contribution < 1.29 is 17.9 Å². The Labute approximate surface area is 123 Å². The fraction of sp³-hybridized carbons (Fsp3) is 0.300. The maximum Gasteiger partial charge on any atom is 0.358 e. The van der Waals surface area contributed by atoms with E-state index in [2.05, 4.69) is 19.4 Å². The Morgan fingerprint density at radius 1 is 1.45 bits per heavy atom. The van der Waals surface area contributed by atoms with Crippen molar-refractivity contribution >= 4 is 38.7 Å². The van der Waals surface area contributed by atoms with Gasteiger partial charge in [0.15, 0.2) is 9.90 Å². The van der Waals surface area contributed by atoms with Crippen molar-refractivity contribution in [3.8, 4) is 0 Å². The lowest BCUT2D eigenvalue weighted by atomic mass is 10.5. The maximum absolute atomic E-state index is 12.1. The van der Waals surface area contributed by atoms with E-state index >= 15 is 0 Å². The quantitative estimate of drug-likeness (QED) is 0.825. The second-order valence-corrected chi connectivity index (χ2v) is 7.81. The fourth-order valence-corrected chi connectivity index (χ4v) is 4.34. The van der Waals surface area contributed by atoms with E-state index in [-0.39, 0.29) is 16.4 Å². The second kappa shape index (κ2) is 5.95. The number of carbonyl (C=O) groups is 1. The minimum absolute atomic E-state index is 0.0688. The van der Waals surface area contributed by atoms with Crippen LogP contribution < -0.4 is 4.72 Å². The molecule has 0 radical (unpaired) electrons. The van der Waals surface area contributed by atoms with E-state index in [1.54, 1.807) is 6.20 Å². The molecular weight excluding hydrogens is 322 g/mol. The molecule has 0 amide bonds. The zero-order valence-corrected chi connectivity index (χ0v) is 13.1. The Bertz CT molecular complexity index is 720. The molecule has 0 aliphatic carbocycles. The number of methoxy groups -OCH3 is 1. The van der Waals surface area contributed by atoms with Gasteiger partial charge in [-0.05, 0) is 6.92 Å². The highest BCUT2D eigenvalue weighted by molar-refractivity contribution is 7.91. The van der Waals surface area contributed by atoms with Crippen molar-refractivity contribution in [1.82, 2.24) is 14.7 Å². The zero-order chi connectivity index (χ0) is 14.8. The summed E-state index contributed by atoms with van der Waals surface area (Å²) in [6.45, 7) is 1.95. The topological polar surface area (TPSA) is 98.2 Å². The van der Waals surface area contributed by atoms with E-state index in [1.807, 2.05) is 6.92 Å². The van der Waals surface area contributed by atoms with Crippen LogP contribution in [0.25, 0.3) is 0 Å². The molecule has 2 aromatic rings. The molecule has 0 unspecified atom stereocenters. The third-order valence-corrected chi connectivity index (χ3v) is 5.92. The Morgan fingerprint density at radius 3 is 2.80 bits per heavy atom. The number of rotatable bonds is 5. The standard InChI is InChI=1S/C10H11N3O4S3/c1-6-3-11-7(19-6)4-13-20(15,16)10-8(9(14)17-2)12-5-18-10/h3,5,13H,4H2,1-2H3. The zero-order valence-electron chi connectivity index (χ0n) is 10.6. The van der Waals surface area contributed by atoms with Crippen LogP contribution in [0, 0.1) is 6.92 Å². The molecule has 2 aromatic heterocycles. The highest BCUT2D eigenvalue weighted by Gasteiger charge is 2.26. The molecule has 108 valence electrons. The van der Waals surface area contributed by atoms with Gasteiger partial charge in [0.05, 0.1) is 19.2 Å². The molecular formula is C10H11N3O4S3. The van der Waals surface area contributed by atoms with Crippen LogP contribution in [0.15, 0.2) is 15.9 Å². The van der Waals surface area contributed by atoms with E-state index in [0.29, 0.717) is 5.01 Å². The highest BCUT2D eigenvalue weighted by Crippen LogP contribution is 2.21. The first-order valence-electron chi connectivity index (χ1n) is 5.37. The third-order valence-electron chi connectivity index (χ3n) is 2.24. The first-order chi connectivity index (χ1) is 9.44. The number of ether oxygens (including phenoxy) is 1. The number of aromatic nitrogens is 2. The van der Waals surface area contributed by atoms with Gasteiger partial charge in [-0.1, -0.05) is 0 Å². The van der Waals surface area contributed by atoms with Crippen molar-refractivity contribution in [1.29, 1.82) is 0 Å². The predicted octanol–water partition coefficient (Wildman–Crippen LogP) is 1.17. The Morgan fingerprint density at radius 2 is 2.20 bits per heavy atom. The van der Waals surface area contributed by atoms with Crippen LogP contribution in [0.1, 0.15) is 20.4 Å². The normalized spacial score (nSPS) is 11.5. The number of aryl methyl sites for hydroxylation is 1. The van der Waals surface area contributed by atoms with E-state index in [0.717, 1.165) is 16.2 Å². The molecule has 0 aliphatic heterocycles. The summed E-state index contributed by atoms with van der Waals surface area (Å²) >= 11 is 2.26. The average molecular weight is 333 g/mol. The van der Waals surface area contributed by atoms with Gasteiger partial charge in [-0.2, -0.15) is 0 Å². The summed E-state index contributed by atoms with van der Waals surface area (Å²) in [5.41, 5.74) is 1.08. The van der Waals surface area contributed by atoms with Crippen LogP contribution in [0.5, 0.6) is 0 Å². The molecule has 0 aromatic carbocycles. The van der Waals surface area contributed by atoms with Crippen LogP contribution >= 0.6 is 22.7 Å². The molecule has 10 heteroatoms. The number of thiazole rings is 2. The molecule has 0 spiro atoms. The van der Waals surface area contributed by atoms with Gasteiger partial charge in [0.25, 0.3) is 10.0 Å². The molecule has 0 saturated carbocycles. The summed E-state index contributed by atoms with van der Waals surface area (Å²) in [7, 11) is -2.65. The summed E-state index contributed by atoms with van der Waals surface area (Å²) in [5, 5.41) is 0.648. The molecule has 2 rings (SSSR count). The summed E-state index contributed by atoms with van der Waals surface area (Å²) in [5.74, 6) is -0.781. The Balaban J connectivity index is 2.18. The first-order valence-corrected chi connectivity index (χ1v) is 8.54. The summed E-state index contributed by atoms with van der Waals surface area (Å²) in [6.07, 6.45) is 1.67. The van der Waals surface area contributed by atoms with Gasteiger partial charge in [0.1, 0.15) is 5.01 Å². The fourth-order valence-electron chi connectivity index (χ4n) is 1.36. The van der Waals surface area contributed by atoms with Gasteiger partial charge in [0, 0.05) is 11.1 Å². The summed E-state index contributed by atoms with van der Waals surface area (Å²) in [4.78, 5) is 20.2. The van der Waals surface area contributed by atoms with Gasteiger partial charge in [0.2, 0.25) is 0 Å². The first kappa shape index (κ1) is 15.0. The van der Waals surface area contributed by atoms with Gasteiger partial charge in [-0.3, -0.25) is 0 Å². The molecule has 0 saturated heterocycles. The lowest BCUT2D eigenvalue weighted by Crippen LogP contribution is -2.24. The monoisotopic (exact) mass is 333 g/mol. The van der Waals surface area contributed by atoms with Gasteiger partial charge in [-0.25, -0.2) is 27.9 Å². The van der Waals surface area contributed by atoms with Crippen molar-refractivity contribution in [3.63, 3.8) is 0 Å². The van der Waals surface area contributed by atoms with E-state index < -0.39 is 16.0 Å². The van der Waals surface area contributed by atoms with Gasteiger partial charge in [-0.15, -0.1) is 22.7 Å². The van der Waals surface area contributed by atoms with Crippen LogP contribution in [0.3, 0.4) is 0 Å². The SMILES string of the molecule is COC(=O)c1ncsc1S(=O)(=O)NCc1ncc(C)s1. The van der Waals surface area contributed by atoms with E-state index in [1.165, 1.54) is 24.0 Å². The van der Waals surface area contributed by atoms with Crippen molar-refractivity contribution in [2.75, 3.05) is 7.11 Å². The molecule has 0 aliphatic rings. The van der Waals surface area contributed by atoms with Gasteiger partial charge < -0.3 is 4.74 Å². The number of hydrogen-bond donors (Lipinski definition) is 1. The summed E-state index contributed by atoms with van der Waals surface area (Å²) in [6, 6.07) is 0. The molecule has 20 heavy (non-hydrogen) atoms. The van der Waals surface area contributed by atoms with Crippen molar-refractivity contribution in [3.05, 3.63) is 27.3 Å². The number of nitrogens with zero attached hydrogens (tertiary/aromatic N) is 2. The van der Waals surface area contributed by atoms with Crippen LogP contribution in [0.4, 0.5) is 0 Å². The van der Waals surface area contributed by atoms with Gasteiger partial charge >= 0.3 is 5.97 Å². The lowest BCUT2D eigenvalue weighted by Gasteiger charge is -2.04. The molecule has 7 nitrogen and oxygen atoms in total.